The van der Waals surface area contributed by atoms with Gasteiger partial charge in [-0.25, -0.2) is 10.2 Å². The lowest BCUT2D eigenvalue weighted by molar-refractivity contribution is -0.124. The van der Waals surface area contributed by atoms with Crippen molar-refractivity contribution in [1.82, 2.24) is 20.2 Å². The number of hydrogen-bond donors (Lipinski definition) is 3. The van der Waals surface area contributed by atoms with Crippen LogP contribution in [0.25, 0.3) is 6.08 Å². The van der Waals surface area contributed by atoms with Gasteiger partial charge in [0, 0.05) is 24.2 Å². The molecule has 31 heavy (non-hydrogen) atoms. The molecule has 1 aliphatic heterocycles. The molecule has 2 aromatic rings. The lowest BCUT2D eigenvalue weighted by Gasteiger charge is -2.25. The van der Waals surface area contributed by atoms with E-state index in [0.717, 1.165) is 49.2 Å². The van der Waals surface area contributed by atoms with E-state index in [9.17, 15) is 9.90 Å². The molecule has 7 heteroatoms. The first-order chi connectivity index (χ1) is 14.7. The van der Waals surface area contributed by atoms with Gasteiger partial charge in [-0.2, -0.15) is 5.10 Å². The highest BCUT2D eigenvalue weighted by molar-refractivity contribution is 5.90. The molecule has 1 saturated heterocycles. The summed E-state index contributed by atoms with van der Waals surface area (Å²) in [4.78, 5) is 13.6. The molecule has 1 aromatic heterocycles. The molecular weight excluding hydrogens is 392 g/mol. The highest BCUT2D eigenvalue weighted by atomic mass is 16.5. The largest absolute Gasteiger partial charge is 0.493 e. The average molecular weight is 427 g/mol. The summed E-state index contributed by atoms with van der Waals surface area (Å²) in [7, 11) is 0. The van der Waals surface area contributed by atoms with Crippen LogP contribution in [0.2, 0.25) is 0 Å². The molecule has 0 bridgehead atoms. The lowest BCUT2D eigenvalue weighted by Crippen LogP contribution is -2.27. The fourth-order valence-corrected chi connectivity index (χ4v) is 4.15. The van der Waals surface area contributed by atoms with Gasteiger partial charge >= 0.3 is 0 Å². The van der Waals surface area contributed by atoms with Gasteiger partial charge in [0.2, 0.25) is 5.88 Å². The van der Waals surface area contributed by atoms with Crippen LogP contribution in [0.5, 0.6) is 5.88 Å². The number of rotatable bonds is 7. The second-order valence-corrected chi connectivity index (χ2v) is 9.53. The minimum absolute atomic E-state index is 0.125. The summed E-state index contributed by atoms with van der Waals surface area (Å²) >= 11 is 0. The summed E-state index contributed by atoms with van der Waals surface area (Å²) in [5, 5.41) is 23.8. The number of nitrogens with zero attached hydrogens (tertiary/aromatic N) is 3. The summed E-state index contributed by atoms with van der Waals surface area (Å²) in [5.74, 6) is -0.271. The van der Waals surface area contributed by atoms with Gasteiger partial charge in [0.15, 0.2) is 0 Å². The summed E-state index contributed by atoms with van der Waals surface area (Å²) in [6, 6.07) is 8.49. The molecular formula is C24H34N4O3. The van der Waals surface area contributed by atoms with Crippen molar-refractivity contribution in [3.8, 4) is 5.88 Å². The fraction of sp³-hybridized carbons (Fsp3) is 0.500. The number of amides is 1. The van der Waals surface area contributed by atoms with Crippen molar-refractivity contribution in [2.75, 3.05) is 13.1 Å². The fourth-order valence-electron chi connectivity index (χ4n) is 4.15. The molecule has 0 saturated carbocycles. The number of nitrogens with one attached hydrogen (secondary N) is 1. The number of likely N-dealkylation sites (tertiary alicyclic amines) is 1. The number of aromatic hydroxyl groups is 1. The van der Waals surface area contributed by atoms with E-state index in [1.807, 2.05) is 19.1 Å². The van der Waals surface area contributed by atoms with Gasteiger partial charge < -0.3 is 5.11 Å². The van der Waals surface area contributed by atoms with Crippen molar-refractivity contribution < 1.29 is 15.1 Å². The first-order valence-corrected chi connectivity index (χ1v) is 10.9. The maximum atomic E-state index is 11.1. The van der Waals surface area contributed by atoms with Crippen molar-refractivity contribution >= 4 is 12.0 Å². The lowest BCUT2D eigenvalue weighted by atomic mass is 9.89. The maximum absolute atomic E-state index is 11.1. The van der Waals surface area contributed by atoms with Crippen molar-refractivity contribution in [2.45, 2.75) is 59.5 Å². The van der Waals surface area contributed by atoms with E-state index >= 15 is 0 Å². The maximum Gasteiger partial charge on any atom is 0.267 e. The van der Waals surface area contributed by atoms with Crippen LogP contribution >= 0.6 is 0 Å². The van der Waals surface area contributed by atoms with Gasteiger partial charge in [0.1, 0.15) is 0 Å². The Balaban J connectivity index is 1.65. The van der Waals surface area contributed by atoms with E-state index in [2.05, 4.69) is 42.9 Å². The molecule has 0 aliphatic carbocycles. The minimum atomic E-state index is -0.547. The summed E-state index contributed by atoms with van der Waals surface area (Å²) in [5.41, 5.74) is 5.72. The summed E-state index contributed by atoms with van der Waals surface area (Å²) < 4.78 is 1.74. The van der Waals surface area contributed by atoms with Gasteiger partial charge in [0.25, 0.3) is 5.91 Å². The Kier molecular flexibility index (Phi) is 7.18. The second kappa shape index (κ2) is 9.66. The first-order valence-electron chi connectivity index (χ1n) is 10.9. The van der Waals surface area contributed by atoms with Crippen LogP contribution in [0, 0.1) is 12.3 Å². The molecule has 7 nitrogen and oxygen atoms in total. The number of carbonyl (C=O) groups is 1. The number of carbonyl (C=O) groups excluding carboxylic acids is 1. The number of aromatic nitrogens is 2. The van der Waals surface area contributed by atoms with Crippen molar-refractivity contribution in [2.24, 2.45) is 5.41 Å². The third kappa shape index (κ3) is 5.95. The molecule has 3 N–H and O–H groups in total. The monoisotopic (exact) mass is 426 g/mol. The topological polar surface area (TPSA) is 90.6 Å². The molecule has 3 rings (SSSR count). The zero-order valence-corrected chi connectivity index (χ0v) is 18.9. The molecule has 1 fully saturated rings. The Morgan fingerprint density at radius 1 is 1.26 bits per heavy atom. The second-order valence-electron chi connectivity index (χ2n) is 9.53. The van der Waals surface area contributed by atoms with E-state index < -0.39 is 5.91 Å². The summed E-state index contributed by atoms with van der Waals surface area (Å²) in [6.45, 7) is 11.0. The van der Waals surface area contributed by atoms with Gasteiger partial charge in [-0.05, 0) is 55.3 Å². The van der Waals surface area contributed by atoms with Crippen LogP contribution in [0.15, 0.2) is 30.3 Å². The van der Waals surface area contributed by atoms with E-state index in [1.54, 1.807) is 16.2 Å². The average Bonchev–Trinajstić information content (AvgIpc) is 3.30. The van der Waals surface area contributed by atoms with Crippen LogP contribution < -0.4 is 5.48 Å². The highest BCUT2D eigenvalue weighted by Crippen LogP contribution is 2.32. The number of benzene rings is 1. The Morgan fingerprint density at radius 2 is 1.97 bits per heavy atom. The molecule has 1 unspecified atom stereocenters. The smallest absolute Gasteiger partial charge is 0.267 e. The van der Waals surface area contributed by atoms with Crippen LogP contribution in [-0.4, -0.2) is 44.0 Å². The molecule has 0 spiro atoms. The zero-order valence-electron chi connectivity index (χ0n) is 18.9. The van der Waals surface area contributed by atoms with Crippen LogP contribution in [0.3, 0.4) is 0 Å². The standard InChI is InChI=1S/C24H34N4O3/c1-17-20(16-24(2,3)4)25-28(23(17)30)15-14-27-13-5-6-21(27)19-10-7-18(8-11-19)9-12-22(29)26-31/h7-12,21,30-31H,5-6,13-16H2,1-4H3,(H,26,29). The van der Waals surface area contributed by atoms with E-state index in [1.165, 1.54) is 11.6 Å². The van der Waals surface area contributed by atoms with Crippen molar-refractivity contribution in [1.29, 1.82) is 0 Å². The van der Waals surface area contributed by atoms with E-state index in [0.29, 0.717) is 12.6 Å². The first kappa shape index (κ1) is 23.0. The van der Waals surface area contributed by atoms with Gasteiger partial charge in [-0.3, -0.25) is 14.9 Å². The molecule has 168 valence electrons. The third-order valence-electron chi connectivity index (χ3n) is 5.77. The molecule has 1 aromatic carbocycles. The third-order valence-corrected chi connectivity index (χ3v) is 5.77. The number of hydrogen-bond acceptors (Lipinski definition) is 5. The van der Waals surface area contributed by atoms with Crippen molar-refractivity contribution in [3.63, 3.8) is 0 Å². The zero-order chi connectivity index (χ0) is 22.6. The van der Waals surface area contributed by atoms with Crippen molar-refractivity contribution in [3.05, 3.63) is 52.7 Å². The predicted octanol–water partition coefficient (Wildman–Crippen LogP) is 3.84. The molecule has 0 radical (unpaired) electrons. The Labute approximate surface area is 184 Å². The SMILES string of the molecule is Cc1c(CC(C)(C)C)nn(CCN2CCCC2c2ccc(C=CC(=O)NO)cc2)c1O. The van der Waals surface area contributed by atoms with E-state index in [-0.39, 0.29) is 11.3 Å². The predicted molar refractivity (Wildman–Crippen MR) is 121 cm³/mol. The summed E-state index contributed by atoms with van der Waals surface area (Å²) in [6.07, 6.45) is 6.04. The molecule has 1 atom stereocenters. The van der Waals surface area contributed by atoms with Gasteiger partial charge in [-0.15, -0.1) is 0 Å². The van der Waals surface area contributed by atoms with Gasteiger partial charge in [0.05, 0.1) is 12.2 Å². The van der Waals surface area contributed by atoms with Crippen LogP contribution in [0.1, 0.15) is 62.0 Å². The Hall–Kier alpha value is -2.64. The van der Waals surface area contributed by atoms with Gasteiger partial charge in [-0.1, -0.05) is 45.0 Å². The normalized spacial score (nSPS) is 17.5. The van der Waals surface area contributed by atoms with Crippen LogP contribution in [-0.2, 0) is 17.8 Å². The quantitative estimate of drug-likeness (QED) is 0.355. The van der Waals surface area contributed by atoms with E-state index in [4.69, 9.17) is 5.21 Å². The molecule has 1 aliphatic rings. The molecule has 2 heterocycles. The molecule has 1 amide bonds. The highest BCUT2D eigenvalue weighted by Gasteiger charge is 2.26. The number of hydroxylamine groups is 1. The Bertz CT molecular complexity index is 926. The Morgan fingerprint density at radius 3 is 2.61 bits per heavy atom. The van der Waals surface area contributed by atoms with Crippen LogP contribution in [0.4, 0.5) is 0 Å². The minimum Gasteiger partial charge on any atom is -0.493 e.